The maximum atomic E-state index is 13.5. The zero-order chi connectivity index (χ0) is 26.1. The van der Waals surface area contributed by atoms with Crippen LogP contribution in [0.2, 0.25) is 0 Å². The number of fused-ring (bicyclic) bond motifs is 1. The maximum absolute atomic E-state index is 13.5. The number of benzene rings is 2. The summed E-state index contributed by atoms with van der Waals surface area (Å²) < 4.78 is 0. The van der Waals surface area contributed by atoms with E-state index in [0.29, 0.717) is 22.9 Å². The van der Waals surface area contributed by atoms with Gasteiger partial charge in [-0.05, 0) is 38.0 Å². The van der Waals surface area contributed by atoms with Crippen molar-refractivity contribution >= 4 is 34.9 Å². The molecule has 1 aliphatic carbocycles. The molecule has 36 heavy (non-hydrogen) atoms. The second kappa shape index (κ2) is 9.49. The Kier molecular flexibility index (Phi) is 6.43. The summed E-state index contributed by atoms with van der Waals surface area (Å²) in [6.45, 7) is 1.10. The molecule has 1 heterocycles. The largest absolute Gasteiger partial charge is 0.292 e. The molecule has 2 aromatic rings. The summed E-state index contributed by atoms with van der Waals surface area (Å²) >= 11 is 0. The lowest BCUT2D eigenvalue weighted by Gasteiger charge is -2.30. The molecule has 12 heteroatoms. The Hall–Kier alpha value is -4.74. The SMILES string of the molecule is CC1=CC[C@H]2C(=O)N(N(CC(=O)c3ccc([N+](=O)[O-])cc3)C(=O)c3cccc([N+](=O)[O-])c3)C(=O)[C@@H]2C1. The molecule has 1 saturated heterocycles. The van der Waals surface area contributed by atoms with E-state index in [4.69, 9.17) is 0 Å². The zero-order valence-corrected chi connectivity index (χ0v) is 19.0. The number of carbonyl (C=O) groups excluding carboxylic acids is 4. The third-order valence-electron chi connectivity index (χ3n) is 6.27. The monoisotopic (exact) mass is 492 g/mol. The first-order valence-corrected chi connectivity index (χ1v) is 11.0. The topological polar surface area (TPSA) is 161 Å². The second-order valence-electron chi connectivity index (χ2n) is 8.59. The number of hydrogen-bond acceptors (Lipinski definition) is 8. The lowest BCUT2D eigenvalue weighted by atomic mass is 9.82. The molecule has 0 spiro atoms. The second-order valence-corrected chi connectivity index (χ2v) is 8.59. The van der Waals surface area contributed by atoms with E-state index >= 15 is 0 Å². The van der Waals surface area contributed by atoms with E-state index in [1.807, 2.05) is 13.0 Å². The summed E-state index contributed by atoms with van der Waals surface area (Å²) in [6, 6.07) is 9.39. The Morgan fingerprint density at radius 1 is 0.944 bits per heavy atom. The molecule has 184 valence electrons. The fourth-order valence-electron chi connectivity index (χ4n) is 4.39. The molecule has 0 N–H and O–H groups in total. The fourth-order valence-corrected chi connectivity index (χ4v) is 4.39. The number of rotatable bonds is 7. The summed E-state index contributed by atoms with van der Waals surface area (Å²) in [5.74, 6) is -4.27. The van der Waals surface area contributed by atoms with Gasteiger partial charge >= 0.3 is 0 Å². The predicted octanol–water partition coefficient (Wildman–Crippen LogP) is 3.08. The number of Topliss-reactive ketones (excluding diaryl/α,β-unsaturated/α-hetero) is 1. The van der Waals surface area contributed by atoms with Gasteiger partial charge in [-0.2, -0.15) is 5.01 Å². The Morgan fingerprint density at radius 3 is 2.22 bits per heavy atom. The summed E-state index contributed by atoms with van der Waals surface area (Å²) in [7, 11) is 0. The van der Waals surface area contributed by atoms with Crippen LogP contribution in [0.25, 0.3) is 0 Å². The summed E-state index contributed by atoms with van der Waals surface area (Å²) in [4.78, 5) is 73.8. The summed E-state index contributed by atoms with van der Waals surface area (Å²) in [5, 5.41) is 23.5. The molecular formula is C24H20N4O8. The Bertz CT molecular complexity index is 1330. The van der Waals surface area contributed by atoms with Crippen LogP contribution in [0.15, 0.2) is 60.2 Å². The first-order valence-electron chi connectivity index (χ1n) is 11.0. The number of amides is 3. The van der Waals surface area contributed by atoms with E-state index < -0.39 is 51.7 Å². The number of hydrogen-bond donors (Lipinski definition) is 0. The van der Waals surface area contributed by atoms with Gasteiger partial charge in [0, 0.05) is 35.4 Å². The molecule has 2 aliphatic rings. The van der Waals surface area contributed by atoms with Gasteiger partial charge in [0.2, 0.25) is 0 Å². The number of nitro benzene ring substituents is 2. The summed E-state index contributed by atoms with van der Waals surface area (Å²) in [5.41, 5.74) is 0.137. The average molecular weight is 492 g/mol. The van der Waals surface area contributed by atoms with Crippen LogP contribution in [0.3, 0.4) is 0 Å². The van der Waals surface area contributed by atoms with Gasteiger partial charge < -0.3 is 0 Å². The van der Waals surface area contributed by atoms with Gasteiger partial charge in [-0.25, -0.2) is 5.01 Å². The third kappa shape index (κ3) is 4.48. The molecular weight excluding hydrogens is 472 g/mol. The van der Waals surface area contributed by atoms with E-state index in [9.17, 15) is 39.4 Å². The van der Waals surface area contributed by atoms with Gasteiger partial charge in [0.1, 0.15) is 6.54 Å². The van der Waals surface area contributed by atoms with Gasteiger partial charge in [-0.1, -0.05) is 17.7 Å². The maximum Gasteiger partial charge on any atom is 0.273 e. The molecule has 0 radical (unpaired) electrons. The minimum atomic E-state index is -0.945. The van der Waals surface area contributed by atoms with Crippen LogP contribution in [-0.2, 0) is 9.59 Å². The van der Waals surface area contributed by atoms with Crippen LogP contribution in [0.1, 0.15) is 40.5 Å². The van der Waals surface area contributed by atoms with Crippen LogP contribution >= 0.6 is 0 Å². The highest BCUT2D eigenvalue weighted by atomic mass is 16.6. The predicted molar refractivity (Wildman–Crippen MR) is 123 cm³/mol. The number of hydrazine groups is 1. The third-order valence-corrected chi connectivity index (χ3v) is 6.27. The smallest absolute Gasteiger partial charge is 0.273 e. The van der Waals surface area contributed by atoms with E-state index in [1.165, 1.54) is 30.3 Å². The highest BCUT2D eigenvalue weighted by Gasteiger charge is 2.51. The van der Waals surface area contributed by atoms with Gasteiger partial charge in [0.05, 0.1) is 21.7 Å². The van der Waals surface area contributed by atoms with Crippen molar-refractivity contribution in [2.45, 2.75) is 19.8 Å². The number of imide groups is 1. The normalized spacial score (nSPS) is 18.9. The quantitative estimate of drug-likeness (QED) is 0.187. The molecule has 1 fully saturated rings. The fraction of sp³-hybridized carbons (Fsp3) is 0.250. The molecule has 0 bridgehead atoms. The number of non-ortho nitro benzene ring substituents is 2. The van der Waals surface area contributed by atoms with Crippen molar-refractivity contribution in [3.63, 3.8) is 0 Å². The molecule has 4 rings (SSSR count). The van der Waals surface area contributed by atoms with Crippen molar-refractivity contribution in [1.82, 2.24) is 10.0 Å². The Morgan fingerprint density at radius 2 is 1.58 bits per heavy atom. The van der Waals surface area contributed by atoms with Crippen LogP contribution in [0.4, 0.5) is 11.4 Å². The van der Waals surface area contributed by atoms with Crippen molar-refractivity contribution in [3.8, 4) is 0 Å². The van der Waals surface area contributed by atoms with E-state index in [0.717, 1.165) is 23.8 Å². The molecule has 2 aromatic carbocycles. The number of nitrogens with zero attached hydrogens (tertiary/aromatic N) is 4. The molecule has 0 unspecified atom stereocenters. The number of nitro groups is 2. The number of allylic oxidation sites excluding steroid dienone is 2. The molecule has 0 saturated carbocycles. The van der Waals surface area contributed by atoms with Gasteiger partial charge in [-0.15, -0.1) is 0 Å². The average Bonchev–Trinajstić information content (AvgIpc) is 3.11. The minimum absolute atomic E-state index is 0.0199. The molecule has 0 aromatic heterocycles. The van der Waals surface area contributed by atoms with E-state index in [1.54, 1.807) is 0 Å². The van der Waals surface area contributed by atoms with Gasteiger partial charge in [0.25, 0.3) is 29.1 Å². The molecule has 3 amide bonds. The number of carbonyl (C=O) groups is 4. The van der Waals surface area contributed by atoms with Gasteiger partial charge in [-0.3, -0.25) is 39.4 Å². The standard InChI is InChI=1S/C24H20N4O8/c1-14-5-10-19-20(11-14)24(32)26(23(19)31)25(22(30)16-3-2-4-18(12-16)28(35)36)13-21(29)15-6-8-17(9-7-15)27(33)34/h2-9,12,19-20H,10-11,13H2,1H3/t19-,20-/m1/s1. The highest BCUT2D eigenvalue weighted by Crippen LogP contribution is 2.38. The zero-order valence-electron chi connectivity index (χ0n) is 19.0. The van der Waals surface area contributed by atoms with Crippen molar-refractivity contribution in [2.24, 2.45) is 11.8 Å². The lowest BCUT2D eigenvalue weighted by Crippen LogP contribution is -2.52. The van der Waals surface area contributed by atoms with Crippen molar-refractivity contribution in [1.29, 1.82) is 0 Å². The first-order chi connectivity index (χ1) is 17.1. The lowest BCUT2D eigenvalue weighted by molar-refractivity contribution is -0.385. The molecule has 2 atom stereocenters. The Labute approximate surface area is 204 Å². The first kappa shape index (κ1) is 24.4. The highest BCUT2D eigenvalue weighted by molar-refractivity contribution is 6.10. The van der Waals surface area contributed by atoms with Gasteiger partial charge in [0.15, 0.2) is 5.78 Å². The van der Waals surface area contributed by atoms with E-state index in [2.05, 4.69) is 0 Å². The van der Waals surface area contributed by atoms with Crippen LogP contribution in [0.5, 0.6) is 0 Å². The van der Waals surface area contributed by atoms with Crippen molar-refractivity contribution in [2.75, 3.05) is 6.54 Å². The van der Waals surface area contributed by atoms with Crippen LogP contribution in [-0.4, -0.2) is 49.9 Å². The molecule has 1 aliphatic heterocycles. The van der Waals surface area contributed by atoms with Crippen LogP contribution < -0.4 is 0 Å². The van der Waals surface area contributed by atoms with Crippen molar-refractivity contribution in [3.05, 3.63) is 91.5 Å². The minimum Gasteiger partial charge on any atom is -0.292 e. The van der Waals surface area contributed by atoms with Crippen LogP contribution in [0, 0.1) is 32.1 Å². The number of ketones is 1. The summed E-state index contributed by atoms with van der Waals surface area (Å²) in [6.07, 6.45) is 2.50. The van der Waals surface area contributed by atoms with E-state index in [-0.39, 0.29) is 22.5 Å². The Balaban J connectivity index is 1.70. The van der Waals surface area contributed by atoms with Crippen molar-refractivity contribution < 1.29 is 29.0 Å². The molecule has 12 nitrogen and oxygen atoms in total.